The van der Waals surface area contributed by atoms with Crippen LogP contribution in [0.2, 0.25) is 0 Å². The molecule has 1 unspecified atom stereocenters. The number of hydrogen-bond acceptors (Lipinski definition) is 4. The summed E-state index contributed by atoms with van der Waals surface area (Å²) in [6.45, 7) is 6.85. The van der Waals surface area contributed by atoms with Crippen molar-refractivity contribution >= 4 is 6.03 Å². The van der Waals surface area contributed by atoms with E-state index in [2.05, 4.69) is 67.9 Å². The van der Waals surface area contributed by atoms with E-state index in [0.717, 1.165) is 50.8 Å². The second-order valence-electron chi connectivity index (χ2n) is 9.17. The van der Waals surface area contributed by atoms with Crippen LogP contribution >= 0.6 is 0 Å². The van der Waals surface area contributed by atoms with Crippen LogP contribution in [0.3, 0.4) is 0 Å². The van der Waals surface area contributed by atoms with E-state index >= 15 is 0 Å². The minimum atomic E-state index is 0.0141. The number of amides is 2. The summed E-state index contributed by atoms with van der Waals surface area (Å²) in [5.41, 5.74) is 2.56. The Kier molecular flexibility index (Phi) is 5.66. The molecule has 7 heteroatoms. The Bertz CT molecular complexity index is 1040. The van der Waals surface area contributed by atoms with Crippen LogP contribution in [-0.2, 0) is 13.0 Å². The summed E-state index contributed by atoms with van der Waals surface area (Å²) in [6.07, 6.45) is 0.843. The third-order valence-corrected chi connectivity index (χ3v) is 6.73. The number of likely N-dealkylation sites (tertiary alicyclic amines) is 2. The van der Waals surface area contributed by atoms with Gasteiger partial charge in [-0.15, -0.1) is 0 Å². The Morgan fingerprint density at radius 2 is 1.75 bits per heavy atom. The van der Waals surface area contributed by atoms with Crippen LogP contribution in [0.15, 0.2) is 60.7 Å². The van der Waals surface area contributed by atoms with E-state index in [9.17, 15) is 4.79 Å². The summed E-state index contributed by atoms with van der Waals surface area (Å²) in [5.74, 6) is 1.94. The van der Waals surface area contributed by atoms with Crippen molar-refractivity contribution < 1.29 is 4.79 Å². The van der Waals surface area contributed by atoms with Crippen LogP contribution in [0, 0.1) is 12.3 Å². The molecule has 0 radical (unpaired) electrons. The largest absolute Gasteiger partial charge is 0.338 e. The van der Waals surface area contributed by atoms with E-state index in [4.69, 9.17) is 0 Å². The van der Waals surface area contributed by atoms with Gasteiger partial charge >= 0.3 is 6.03 Å². The quantitative estimate of drug-likeness (QED) is 0.630. The molecule has 166 valence electrons. The van der Waals surface area contributed by atoms with Crippen LogP contribution in [0.1, 0.15) is 28.7 Å². The molecule has 1 aromatic heterocycles. The van der Waals surface area contributed by atoms with Crippen molar-refractivity contribution in [1.29, 1.82) is 0 Å². The monoisotopic (exact) mass is 430 g/mol. The fourth-order valence-electron chi connectivity index (χ4n) is 5.15. The van der Waals surface area contributed by atoms with Gasteiger partial charge in [0, 0.05) is 50.6 Å². The minimum absolute atomic E-state index is 0.0141. The molecule has 32 heavy (non-hydrogen) atoms. The van der Waals surface area contributed by atoms with Crippen LogP contribution in [0.5, 0.6) is 0 Å². The summed E-state index contributed by atoms with van der Waals surface area (Å²) in [7, 11) is 0. The molecule has 2 aliphatic heterocycles. The average Bonchev–Trinajstić information content (AvgIpc) is 3.37. The molecule has 7 nitrogen and oxygen atoms in total. The second-order valence-corrected chi connectivity index (χ2v) is 9.17. The Balaban J connectivity index is 1.22. The number of H-pyrrole nitrogens is 1. The van der Waals surface area contributed by atoms with E-state index in [-0.39, 0.29) is 17.4 Å². The van der Waals surface area contributed by atoms with E-state index < -0.39 is 0 Å². The molecule has 2 saturated heterocycles. The van der Waals surface area contributed by atoms with Crippen molar-refractivity contribution in [3.63, 3.8) is 0 Å². The highest BCUT2D eigenvalue weighted by atomic mass is 16.2. The summed E-state index contributed by atoms with van der Waals surface area (Å²) in [6, 6.07) is 20.8. The van der Waals surface area contributed by atoms with Gasteiger partial charge in [0.1, 0.15) is 5.82 Å². The number of aromatic nitrogens is 3. The van der Waals surface area contributed by atoms with Crippen molar-refractivity contribution in [3.8, 4) is 0 Å². The lowest BCUT2D eigenvalue weighted by atomic mass is 9.71. The summed E-state index contributed by atoms with van der Waals surface area (Å²) in [4.78, 5) is 21.8. The van der Waals surface area contributed by atoms with Gasteiger partial charge in [-0.25, -0.2) is 9.78 Å². The SMILES string of the molecule is Cc1nc(C2CN(Cc3ccccc3)CC23CN(C(=O)NCCc2ccccc2)C3)n[nH]1. The number of nitrogens with one attached hydrogen (secondary N) is 2. The standard InChI is InChI=1S/C25H30N6O/c1-19-27-23(29-28-19)22-15-30(14-21-10-6-3-7-11-21)16-25(22)17-31(18-25)24(32)26-13-12-20-8-4-2-5-9-20/h2-11,22H,12-18H2,1H3,(H,26,32)(H,27,28,29). The highest BCUT2D eigenvalue weighted by Crippen LogP contribution is 2.48. The third-order valence-electron chi connectivity index (χ3n) is 6.73. The van der Waals surface area contributed by atoms with Crippen LogP contribution < -0.4 is 5.32 Å². The zero-order valence-electron chi connectivity index (χ0n) is 18.5. The minimum Gasteiger partial charge on any atom is -0.338 e. The number of aryl methyl sites for hydroxylation is 1. The topological polar surface area (TPSA) is 77.2 Å². The molecular formula is C25H30N6O. The van der Waals surface area contributed by atoms with Crippen LogP contribution in [0.4, 0.5) is 4.79 Å². The van der Waals surface area contributed by atoms with Gasteiger partial charge < -0.3 is 10.2 Å². The van der Waals surface area contributed by atoms with Gasteiger partial charge in [-0.05, 0) is 24.5 Å². The molecule has 2 fully saturated rings. The molecule has 5 rings (SSSR count). The van der Waals surface area contributed by atoms with Crippen molar-refractivity contribution in [2.45, 2.75) is 25.8 Å². The Hall–Kier alpha value is -3.19. The van der Waals surface area contributed by atoms with Crippen molar-refractivity contribution in [1.82, 2.24) is 30.3 Å². The maximum absolute atomic E-state index is 12.7. The molecule has 0 aliphatic carbocycles. The van der Waals surface area contributed by atoms with Gasteiger partial charge in [-0.2, -0.15) is 5.10 Å². The van der Waals surface area contributed by atoms with E-state index in [0.29, 0.717) is 6.54 Å². The predicted molar refractivity (Wildman–Crippen MR) is 123 cm³/mol. The fourth-order valence-corrected chi connectivity index (χ4v) is 5.15. The Labute approximate surface area is 188 Å². The molecule has 3 heterocycles. The molecule has 0 saturated carbocycles. The van der Waals surface area contributed by atoms with Crippen molar-refractivity contribution in [2.75, 3.05) is 32.7 Å². The molecule has 0 bridgehead atoms. The molecule has 2 aliphatic rings. The Morgan fingerprint density at radius 1 is 1.06 bits per heavy atom. The van der Waals surface area contributed by atoms with Gasteiger partial charge in [0.25, 0.3) is 0 Å². The number of carbonyl (C=O) groups is 1. The first kappa shape index (κ1) is 20.7. The van der Waals surface area contributed by atoms with E-state index in [1.165, 1.54) is 11.1 Å². The first-order chi connectivity index (χ1) is 15.6. The lowest BCUT2D eigenvalue weighted by molar-refractivity contribution is 0.0251. The molecule has 2 N–H and O–H groups in total. The molecule has 1 atom stereocenters. The molecular weight excluding hydrogens is 400 g/mol. The number of benzene rings is 2. The van der Waals surface area contributed by atoms with Crippen LogP contribution in [-0.4, -0.2) is 63.7 Å². The highest BCUT2D eigenvalue weighted by Gasteiger charge is 2.57. The number of urea groups is 1. The summed E-state index contributed by atoms with van der Waals surface area (Å²) >= 11 is 0. The first-order valence-corrected chi connectivity index (χ1v) is 11.3. The summed E-state index contributed by atoms with van der Waals surface area (Å²) in [5, 5.41) is 10.6. The zero-order valence-corrected chi connectivity index (χ0v) is 18.5. The number of aromatic amines is 1. The van der Waals surface area contributed by atoms with Crippen LogP contribution in [0.25, 0.3) is 0 Å². The smallest absolute Gasteiger partial charge is 0.317 e. The lowest BCUT2D eigenvalue weighted by Gasteiger charge is -2.50. The lowest BCUT2D eigenvalue weighted by Crippen LogP contribution is -2.63. The number of rotatable bonds is 6. The number of carbonyl (C=O) groups excluding carboxylic acids is 1. The Morgan fingerprint density at radius 3 is 2.41 bits per heavy atom. The maximum Gasteiger partial charge on any atom is 0.317 e. The first-order valence-electron chi connectivity index (χ1n) is 11.3. The second kappa shape index (κ2) is 8.74. The van der Waals surface area contributed by atoms with E-state index in [1.54, 1.807) is 0 Å². The molecule has 2 amide bonds. The number of nitrogens with zero attached hydrogens (tertiary/aromatic N) is 4. The average molecular weight is 431 g/mol. The third kappa shape index (κ3) is 4.25. The van der Waals surface area contributed by atoms with Crippen molar-refractivity contribution in [2.24, 2.45) is 5.41 Å². The molecule has 3 aromatic rings. The van der Waals surface area contributed by atoms with Gasteiger partial charge in [0.2, 0.25) is 0 Å². The van der Waals surface area contributed by atoms with Gasteiger partial charge in [-0.1, -0.05) is 60.7 Å². The van der Waals surface area contributed by atoms with E-state index in [1.807, 2.05) is 30.0 Å². The predicted octanol–water partition coefficient (Wildman–Crippen LogP) is 2.97. The van der Waals surface area contributed by atoms with Crippen molar-refractivity contribution in [3.05, 3.63) is 83.4 Å². The molecule has 1 spiro atoms. The fraction of sp³-hybridized carbons (Fsp3) is 0.400. The summed E-state index contributed by atoms with van der Waals surface area (Å²) < 4.78 is 0. The highest BCUT2D eigenvalue weighted by molar-refractivity contribution is 5.75. The normalized spacial score (nSPS) is 19.8. The number of hydrogen-bond donors (Lipinski definition) is 2. The maximum atomic E-state index is 12.7. The van der Waals surface area contributed by atoms with Gasteiger partial charge in [0.05, 0.1) is 0 Å². The zero-order chi connectivity index (χ0) is 22.0. The molecule has 2 aromatic carbocycles. The van der Waals surface area contributed by atoms with Gasteiger partial charge in [0.15, 0.2) is 5.82 Å². The van der Waals surface area contributed by atoms with Gasteiger partial charge in [-0.3, -0.25) is 10.00 Å².